The van der Waals surface area contributed by atoms with Gasteiger partial charge in [-0.25, -0.2) is 4.79 Å². The Morgan fingerprint density at radius 3 is 3.00 bits per heavy atom. The quantitative estimate of drug-likeness (QED) is 0.600. The van der Waals surface area contributed by atoms with E-state index in [0.717, 1.165) is 19.4 Å². The average Bonchev–Trinajstić information content (AvgIpc) is 2.76. The zero-order valence-corrected chi connectivity index (χ0v) is 9.98. The van der Waals surface area contributed by atoms with Gasteiger partial charge in [0.15, 0.2) is 0 Å². The number of carboxylic acids is 1. The Morgan fingerprint density at radius 1 is 1.59 bits per heavy atom. The van der Waals surface area contributed by atoms with E-state index < -0.39 is 5.97 Å². The highest BCUT2D eigenvalue weighted by Gasteiger charge is 2.12. The molecule has 5 nitrogen and oxygen atoms in total. The molecule has 1 rings (SSSR count). The van der Waals surface area contributed by atoms with Gasteiger partial charge in [0.25, 0.3) is 0 Å². The average molecular weight is 241 g/mol. The van der Waals surface area contributed by atoms with Gasteiger partial charge in [0.05, 0.1) is 6.26 Å². The zero-order chi connectivity index (χ0) is 12.7. The molecule has 0 aliphatic rings. The third kappa shape index (κ3) is 4.58. The minimum absolute atomic E-state index is 0.00114. The molecule has 0 aliphatic carbocycles. The molecule has 0 aliphatic heterocycles. The first-order valence-corrected chi connectivity index (χ1v) is 5.76. The van der Waals surface area contributed by atoms with E-state index in [1.54, 1.807) is 6.07 Å². The van der Waals surface area contributed by atoms with Crippen LogP contribution in [0.1, 0.15) is 35.9 Å². The number of furan rings is 1. The van der Waals surface area contributed by atoms with Crippen LogP contribution in [0, 0.1) is 5.92 Å². The molecule has 1 unspecified atom stereocenters. The van der Waals surface area contributed by atoms with Crippen molar-refractivity contribution in [2.45, 2.75) is 26.3 Å². The summed E-state index contributed by atoms with van der Waals surface area (Å²) in [6.07, 6.45) is 3.30. The Labute approximate surface area is 100 Å². The number of carbonyl (C=O) groups is 1. The molecule has 0 aromatic carbocycles. The van der Waals surface area contributed by atoms with E-state index in [0.29, 0.717) is 18.0 Å². The Hall–Kier alpha value is -1.33. The van der Waals surface area contributed by atoms with Crippen LogP contribution in [0.3, 0.4) is 0 Å². The number of hydrogen-bond donors (Lipinski definition) is 3. The topological polar surface area (TPSA) is 82.7 Å². The number of aliphatic hydroxyl groups is 1. The van der Waals surface area contributed by atoms with Crippen LogP contribution in [0.2, 0.25) is 0 Å². The zero-order valence-electron chi connectivity index (χ0n) is 9.98. The first kappa shape index (κ1) is 13.7. The van der Waals surface area contributed by atoms with Crippen LogP contribution >= 0.6 is 0 Å². The van der Waals surface area contributed by atoms with Gasteiger partial charge in [-0.15, -0.1) is 0 Å². The summed E-state index contributed by atoms with van der Waals surface area (Å²) in [5.41, 5.74) is 0.660. The Morgan fingerprint density at radius 2 is 2.35 bits per heavy atom. The molecule has 0 amide bonds. The molecule has 0 bridgehead atoms. The van der Waals surface area contributed by atoms with Crippen LogP contribution < -0.4 is 5.32 Å². The molecule has 3 N–H and O–H groups in total. The number of rotatable bonds is 8. The fourth-order valence-corrected chi connectivity index (χ4v) is 1.55. The molecule has 0 saturated heterocycles. The fraction of sp³-hybridized carbons (Fsp3) is 0.583. The highest BCUT2D eigenvalue weighted by molar-refractivity contribution is 5.86. The number of carboxylic acid groups (broad SMARTS) is 1. The normalized spacial score (nSPS) is 12.6. The third-order valence-electron chi connectivity index (χ3n) is 2.62. The fourth-order valence-electron chi connectivity index (χ4n) is 1.55. The minimum Gasteiger partial charge on any atom is -0.475 e. The number of aromatic carboxylic acids is 1. The van der Waals surface area contributed by atoms with Crippen LogP contribution in [0.25, 0.3) is 0 Å². The molecule has 0 saturated carbocycles. The first-order valence-electron chi connectivity index (χ1n) is 5.76. The van der Waals surface area contributed by atoms with Crippen LogP contribution in [0.4, 0.5) is 0 Å². The van der Waals surface area contributed by atoms with E-state index in [9.17, 15) is 4.79 Å². The van der Waals surface area contributed by atoms with Gasteiger partial charge in [0, 0.05) is 18.7 Å². The van der Waals surface area contributed by atoms with E-state index in [4.69, 9.17) is 14.6 Å². The number of nitrogens with one attached hydrogen (secondary N) is 1. The van der Waals surface area contributed by atoms with Gasteiger partial charge < -0.3 is 19.9 Å². The van der Waals surface area contributed by atoms with Gasteiger partial charge in [0.1, 0.15) is 0 Å². The van der Waals surface area contributed by atoms with Crippen molar-refractivity contribution >= 4 is 5.97 Å². The number of aliphatic hydroxyl groups excluding tert-OH is 1. The molecule has 5 heteroatoms. The maximum atomic E-state index is 10.8. The largest absolute Gasteiger partial charge is 0.475 e. The summed E-state index contributed by atoms with van der Waals surface area (Å²) in [6.45, 7) is 3.50. The van der Waals surface area contributed by atoms with Gasteiger partial charge in [-0.2, -0.15) is 0 Å². The Kier molecular flexibility index (Phi) is 5.72. The maximum Gasteiger partial charge on any atom is 0.372 e. The summed E-state index contributed by atoms with van der Waals surface area (Å²) in [7, 11) is 0. The van der Waals surface area contributed by atoms with Crippen molar-refractivity contribution in [1.82, 2.24) is 5.32 Å². The highest BCUT2D eigenvalue weighted by atomic mass is 16.4. The van der Waals surface area contributed by atoms with Gasteiger partial charge in [0.2, 0.25) is 5.76 Å². The molecule has 0 spiro atoms. The van der Waals surface area contributed by atoms with Gasteiger partial charge in [-0.1, -0.05) is 6.92 Å². The first-order chi connectivity index (χ1) is 8.15. The molecule has 1 atom stereocenters. The van der Waals surface area contributed by atoms with Crippen molar-refractivity contribution in [2.24, 2.45) is 5.92 Å². The standard InChI is InChI=1S/C12H19NO4/c1-9(8-14)3-2-5-13-7-10-4-6-17-11(10)12(15)16/h4,6,9,13-14H,2-3,5,7-8H2,1H3,(H,15,16). The van der Waals surface area contributed by atoms with E-state index in [1.807, 2.05) is 6.92 Å². The molecule has 17 heavy (non-hydrogen) atoms. The van der Waals surface area contributed by atoms with Crippen molar-refractivity contribution < 1.29 is 19.4 Å². The second-order valence-corrected chi connectivity index (χ2v) is 4.19. The predicted molar refractivity (Wildman–Crippen MR) is 62.9 cm³/mol. The number of hydrogen-bond acceptors (Lipinski definition) is 4. The van der Waals surface area contributed by atoms with E-state index >= 15 is 0 Å². The van der Waals surface area contributed by atoms with Crippen LogP contribution in [-0.2, 0) is 6.54 Å². The summed E-state index contributed by atoms with van der Waals surface area (Å²) in [6, 6.07) is 1.66. The Bertz CT molecular complexity index is 348. The van der Waals surface area contributed by atoms with Gasteiger partial charge in [-0.05, 0) is 31.4 Å². The van der Waals surface area contributed by atoms with Crippen molar-refractivity contribution in [3.63, 3.8) is 0 Å². The van der Waals surface area contributed by atoms with Crippen molar-refractivity contribution in [3.8, 4) is 0 Å². The maximum absolute atomic E-state index is 10.8. The monoisotopic (exact) mass is 241 g/mol. The lowest BCUT2D eigenvalue weighted by Crippen LogP contribution is -2.17. The second kappa shape index (κ2) is 7.09. The highest BCUT2D eigenvalue weighted by Crippen LogP contribution is 2.10. The smallest absolute Gasteiger partial charge is 0.372 e. The van der Waals surface area contributed by atoms with E-state index in [-0.39, 0.29) is 12.4 Å². The Balaban J connectivity index is 2.22. The van der Waals surface area contributed by atoms with Crippen LogP contribution in [-0.4, -0.2) is 29.3 Å². The summed E-state index contributed by atoms with van der Waals surface area (Å²) >= 11 is 0. The molecule has 0 radical (unpaired) electrons. The molecule has 1 heterocycles. The van der Waals surface area contributed by atoms with Crippen molar-refractivity contribution in [1.29, 1.82) is 0 Å². The van der Waals surface area contributed by atoms with E-state index in [2.05, 4.69) is 5.32 Å². The van der Waals surface area contributed by atoms with Crippen LogP contribution in [0.15, 0.2) is 16.7 Å². The van der Waals surface area contributed by atoms with Crippen molar-refractivity contribution in [3.05, 3.63) is 23.7 Å². The summed E-state index contributed by atoms with van der Waals surface area (Å²) in [5, 5.41) is 20.8. The second-order valence-electron chi connectivity index (χ2n) is 4.19. The van der Waals surface area contributed by atoms with Gasteiger partial charge >= 0.3 is 5.97 Å². The molecule has 96 valence electrons. The lowest BCUT2D eigenvalue weighted by molar-refractivity contribution is 0.0660. The molecular weight excluding hydrogens is 222 g/mol. The SMILES string of the molecule is CC(CO)CCCNCc1ccoc1C(=O)O. The minimum atomic E-state index is -1.04. The summed E-state index contributed by atoms with van der Waals surface area (Å²) < 4.78 is 4.87. The molecule has 1 aromatic rings. The molecular formula is C12H19NO4. The summed E-state index contributed by atoms with van der Waals surface area (Å²) in [5.74, 6) is -0.720. The lowest BCUT2D eigenvalue weighted by atomic mass is 10.1. The van der Waals surface area contributed by atoms with Crippen molar-refractivity contribution in [2.75, 3.05) is 13.2 Å². The summed E-state index contributed by atoms with van der Waals surface area (Å²) in [4.78, 5) is 10.8. The van der Waals surface area contributed by atoms with E-state index in [1.165, 1.54) is 6.26 Å². The van der Waals surface area contributed by atoms with Gasteiger partial charge in [-0.3, -0.25) is 0 Å². The molecule has 0 fully saturated rings. The third-order valence-corrected chi connectivity index (χ3v) is 2.62. The van der Waals surface area contributed by atoms with Crippen LogP contribution in [0.5, 0.6) is 0 Å². The predicted octanol–water partition coefficient (Wildman–Crippen LogP) is 1.48. The lowest BCUT2D eigenvalue weighted by Gasteiger charge is -2.07. The molecule has 1 aromatic heterocycles.